The third kappa shape index (κ3) is 6.57. The van der Waals surface area contributed by atoms with E-state index in [0.29, 0.717) is 5.69 Å². The maximum absolute atomic E-state index is 13.1. The number of ether oxygens (including phenoxy) is 2. The molecule has 2 aromatic rings. The Labute approximate surface area is 178 Å². The number of nitrogens with zero attached hydrogens (tertiary/aromatic N) is 1. The van der Waals surface area contributed by atoms with E-state index in [0.717, 1.165) is 16.1 Å². The van der Waals surface area contributed by atoms with Crippen LogP contribution in [-0.4, -0.2) is 31.1 Å². The number of benzene rings is 2. The van der Waals surface area contributed by atoms with Crippen molar-refractivity contribution in [3.8, 4) is 0 Å². The first-order valence-electron chi connectivity index (χ1n) is 9.13. The normalized spacial score (nSPS) is 10.0. The molecule has 0 spiro atoms. The molecule has 0 saturated heterocycles. The zero-order valence-corrected chi connectivity index (χ0v) is 17.8. The van der Waals surface area contributed by atoms with E-state index in [1.165, 1.54) is 4.90 Å². The molecule has 2 aromatic carbocycles. The van der Waals surface area contributed by atoms with Gasteiger partial charge in [-0.15, -0.1) is 0 Å². The quantitative estimate of drug-likeness (QED) is 0.257. The van der Waals surface area contributed by atoms with Gasteiger partial charge in [0.25, 0.3) is 5.91 Å². The molecule has 7 heteroatoms. The van der Waals surface area contributed by atoms with Crippen molar-refractivity contribution in [2.75, 3.05) is 18.1 Å². The smallest absolute Gasteiger partial charge is 0.345 e. The highest BCUT2D eigenvalue weighted by atomic mass is 79.9. The van der Waals surface area contributed by atoms with E-state index < -0.39 is 23.4 Å². The van der Waals surface area contributed by atoms with E-state index in [1.807, 2.05) is 42.5 Å². The highest BCUT2D eigenvalue weighted by molar-refractivity contribution is 9.10. The Morgan fingerprint density at radius 2 is 1.45 bits per heavy atom. The predicted molar refractivity (Wildman–Crippen MR) is 113 cm³/mol. The van der Waals surface area contributed by atoms with E-state index >= 15 is 0 Å². The van der Waals surface area contributed by atoms with Gasteiger partial charge in [-0.05, 0) is 43.7 Å². The van der Waals surface area contributed by atoms with Gasteiger partial charge in [0, 0.05) is 16.2 Å². The molecule has 0 radical (unpaired) electrons. The summed E-state index contributed by atoms with van der Waals surface area (Å²) in [4.78, 5) is 38.9. The molecular formula is C22H22BrNO5. The monoisotopic (exact) mass is 459 g/mol. The Morgan fingerprint density at radius 1 is 0.897 bits per heavy atom. The van der Waals surface area contributed by atoms with Gasteiger partial charge >= 0.3 is 11.9 Å². The lowest BCUT2D eigenvalue weighted by molar-refractivity contribution is -0.146. The van der Waals surface area contributed by atoms with Gasteiger partial charge in [0.2, 0.25) is 0 Å². The minimum atomic E-state index is -0.894. The molecule has 0 aliphatic heterocycles. The number of hydrogen-bond acceptors (Lipinski definition) is 5. The fourth-order valence-corrected chi connectivity index (χ4v) is 2.77. The summed E-state index contributed by atoms with van der Waals surface area (Å²) >= 11 is 3.37. The highest BCUT2D eigenvalue weighted by Crippen LogP contribution is 2.21. The molecule has 6 nitrogen and oxygen atoms in total. The van der Waals surface area contributed by atoms with Crippen molar-refractivity contribution >= 4 is 39.5 Å². The highest BCUT2D eigenvalue weighted by Gasteiger charge is 2.25. The lowest BCUT2D eigenvalue weighted by Crippen LogP contribution is -2.30. The third-order valence-electron chi connectivity index (χ3n) is 3.85. The molecule has 0 saturated carbocycles. The largest absolute Gasteiger partial charge is 0.462 e. The van der Waals surface area contributed by atoms with Crippen molar-refractivity contribution < 1.29 is 23.9 Å². The Hall–Kier alpha value is -2.93. The summed E-state index contributed by atoms with van der Waals surface area (Å²) < 4.78 is 10.7. The second-order valence-electron chi connectivity index (χ2n) is 5.89. The van der Waals surface area contributed by atoms with Crippen LogP contribution in [0.3, 0.4) is 0 Å². The number of amides is 1. The van der Waals surface area contributed by atoms with Crippen LogP contribution in [0.1, 0.15) is 19.4 Å². The average Bonchev–Trinajstić information content (AvgIpc) is 2.72. The van der Waals surface area contributed by atoms with Crippen molar-refractivity contribution in [1.82, 2.24) is 0 Å². The standard InChI is InChI=1S/C22H22BrNO5/c1-3-28-21(26)19(22(27)29-4-2)14-20(25)24(15-16-8-6-5-7-9-16)18-12-10-17(23)11-13-18/h5-14H,3-4,15H2,1-2H3. The first kappa shape index (κ1) is 22.4. The minimum Gasteiger partial charge on any atom is -0.462 e. The fraction of sp³-hybridized carbons (Fsp3) is 0.227. The molecule has 0 aromatic heterocycles. The van der Waals surface area contributed by atoms with E-state index in [9.17, 15) is 14.4 Å². The Balaban J connectivity index is 2.42. The van der Waals surface area contributed by atoms with Crippen molar-refractivity contribution in [3.05, 3.63) is 76.3 Å². The molecular weight excluding hydrogens is 438 g/mol. The van der Waals surface area contributed by atoms with Crippen LogP contribution in [0.5, 0.6) is 0 Å². The number of anilines is 1. The lowest BCUT2D eigenvalue weighted by atomic mass is 10.1. The predicted octanol–water partition coefficient (Wildman–Crippen LogP) is 4.03. The topological polar surface area (TPSA) is 72.9 Å². The number of halogens is 1. The Kier molecular flexibility index (Phi) is 8.61. The first-order valence-corrected chi connectivity index (χ1v) is 9.92. The van der Waals surface area contributed by atoms with Gasteiger partial charge < -0.3 is 14.4 Å². The second kappa shape index (κ2) is 11.2. The molecule has 0 unspecified atom stereocenters. The van der Waals surface area contributed by atoms with Gasteiger partial charge in [-0.1, -0.05) is 46.3 Å². The van der Waals surface area contributed by atoms with E-state index in [2.05, 4.69) is 15.9 Å². The lowest BCUT2D eigenvalue weighted by Gasteiger charge is -2.22. The summed E-state index contributed by atoms with van der Waals surface area (Å²) in [6, 6.07) is 16.6. The summed E-state index contributed by atoms with van der Waals surface area (Å²) in [5, 5.41) is 0. The molecule has 0 aliphatic carbocycles. The van der Waals surface area contributed by atoms with Crippen molar-refractivity contribution in [2.24, 2.45) is 0 Å². The number of carbonyl (C=O) groups is 3. The van der Waals surface area contributed by atoms with E-state index in [-0.39, 0.29) is 19.8 Å². The summed E-state index contributed by atoms with van der Waals surface area (Å²) in [5.74, 6) is -2.32. The molecule has 2 rings (SSSR count). The maximum Gasteiger partial charge on any atom is 0.345 e. The average molecular weight is 460 g/mol. The summed E-state index contributed by atoms with van der Waals surface area (Å²) in [5.41, 5.74) is 1.07. The van der Waals surface area contributed by atoms with Gasteiger partial charge in [0.05, 0.1) is 19.8 Å². The third-order valence-corrected chi connectivity index (χ3v) is 4.38. The molecule has 152 valence electrons. The number of hydrogen-bond donors (Lipinski definition) is 0. The SMILES string of the molecule is CCOC(=O)C(=CC(=O)N(Cc1ccccc1)c1ccc(Br)cc1)C(=O)OCC. The molecule has 0 fully saturated rings. The van der Waals surface area contributed by atoms with Crippen LogP contribution >= 0.6 is 15.9 Å². The number of carbonyl (C=O) groups excluding carboxylic acids is 3. The first-order chi connectivity index (χ1) is 14.0. The molecule has 1 amide bonds. The van der Waals surface area contributed by atoms with Gasteiger partial charge in [0.1, 0.15) is 5.57 Å². The fourth-order valence-electron chi connectivity index (χ4n) is 2.50. The van der Waals surface area contributed by atoms with Crippen LogP contribution in [0, 0.1) is 0 Å². The molecule has 0 atom stereocenters. The van der Waals surface area contributed by atoms with Crippen LogP contribution in [-0.2, 0) is 30.4 Å². The van der Waals surface area contributed by atoms with Crippen LogP contribution in [0.15, 0.2) is 70.7 Å². The van der Waals surface area contributed by atoms with Crippen molar-refractivity contribution in [1.29, 1.82) is 0 Å². The molecule has 0 heterocycles. The van der Waals surface area contributed by atoms with Crippen LogP contribution in [0.2, 0.25) is 0 Å². The maximum atomic E-state index is 13.1. The number of rotatable bonds is 8. The summed E-state index contributed by atoms with van der Waals surface area (Å²) in [6.07, 6.45) is 0.973. The van der Waals surface area contributed by atoms with Gasteiger partial charge in [0.15, 0.2) is 0 Å². The van der Waals surface area contributed by atoms with E-state index in [1.54, 1.807) is 26.0 Å². The van der Waals surface area contributed by atoms with Crippen LogP contribution < -0.4 is 4.90 Å². The zero-order valence-electron chi connectivity index (χ0n) is 16.3. The Morgan fingerprint density at radius 3 is 1.97 bits per heavy atom. The molecule has 0 aliphatic rings. The Bertz CT molecular complexity index is 858. The van der Waals surface area contributed by atoms with Gasteiger partial charge in [-0.25, -0.2) is 9.59 Å². The summed E-state index contributed by atoms with van der Waals surface area (Å²) in [7, 11) is 0. The van der Waals surface area contributed by atoms with Crippen molar-refractivity contribution in [3.63, 3.8) is 0 Å². The minimum absolute atomic E-state index is 0.0736. The number of esters is 2. The van der Waals surface area contributed by atoms with Crippen LogP contribution in [0.25, 0.3) is 0 Å². The van der Waals surface area contributed by atoms with Gasteiger partial charge in [-0.2, -0.15) is 0 Å². The second-order valence-corrected chi connectivity index (χ2v) is 6.80. The van der Waals surface area contributed by atoms with Gasteiger partial charge in [-0.3, -0.25) is 4.79 Å². The van der Waals surface area contributed by atoms with Crippen molar-refractivity contribution in [2.45, 2.75) is 20.4 Å². The van der Waals surface area contributed by atoms with E-state index in [4.69, 9.17) is 9.47 Å². The van der Waals surface area contributed by atoms with Crippen LogP contribution in [0.4, 0.5) is 5.69 Å². The molecule has 29 heavy (non-hydrogen) atoms. The summed E-state index contributed by atoms with van der Waals surface area (Å²) in [6.45, 7) is 3.64. The zero-order chi connectivity index (χ0) is 21.2. The molecule has 0 N–H and O–H groups in total. The molecule has 0 bridgehead atoms.